The third-order valence-corrected chi connectivity index (χ3v) is 11.3. The fraction of sp³-hybridized carbons (Fsp3) is 0.417. The van der Waals surface area contributed by atoms with Crippen molar-refractivity contribution in [3.63, 3.8) is 0 Å². The third-order valence-electron chi connectivity index (χ3n) is 8.46. The Balaban J connectivity index is 2.00. The third kappa shape index (κ3) is 8.04. The summed E-state index contributed by atoms with van der Waals surface area (Å²) in [6, 6.07) is 21.7. The van der Waals surface area contributed by atoms with Gasteiger partial charge in [-0.1, -0.05) is 69.9 Å². The van der Waals surface area contributed by atoms with Crippen LogP contribution in [0.15, 0.2) is 88.4 Å². The molecule has 0 aliphatic carbocycles. The number of allylic oxidation sites excluding steroid dienone is 1. The molecular weight excluding hydrogens is 621 g/mol. The van der Waals surface area contributed by atoms with Gasteiger partial charge in [-0.15, -0.1) is 22.5 Å². The molecule has 8 nitrogen and oxygen atoms in total. The summed E-state index contributed by atoms with van der Waals surface area (Å²) in [7, 11) is -0.638. The summed E-state index contributed by atoms with van der Waals surface area (Å²) in [6.07, 6.45) is 8.70. The van der Waals surface area contributed by atoms with Gasteiger partial charge in [0.05, 0.1) is 36.4 Å². The lowest BCUT2D eigenvalue weighted by Gasteiger charge is -2.52. The van der Waals surface area contributed by atoms with Crippen molar-refractivity contribution in [2.75, 3.05) is 31.9 Å². The van der Waals surface area contributed by atoms with Crippen LogP contribution in [0.25, 0.3) is 0 Å². The number of para-hydroxylation sites is 1. The molecule has 0 saturated carbocycles. The molecule has 0 bridgehead atoms. The summed E-state index contributed by atoms with van der Waals surface area (Å²) in [6.45, 7) is 6.95. The molecule has 0 saturated heterocycles. The largest absolute Gasteiger partial charge is 0.497 e. The molecule has 0 radical (unpaired) electrons. The van der Waals surface area contributed by atoms with Gasteiger partial charge in [0, 0.05) is 24.8 Å². The molecule has 3 aromatic rings. The number of anilines is 2. The van der Waals surface area contributed by atoms with E-state index in [1.165, 1.54) is 24.9 Å². The number of fused-ring (bicyclic) bond motifs is 1. The number of unbranched alkanes of at least 4 members (excludes halogenated alkanes) is 2. The number of hydrogen-bond donors (Lipinski definition) is 2. The maximum atomic E-state index is 12.7. The van der Waals surface area contributed by atoms with E-state index in [1.807, 2.05) is 59.1 Å². The molecule has 250 valence electrons. The second-order valence-corrected chi connectivity index (χ2v) is 14.4. The molecule has 0 amide bonds. The van der Waals surface area contributed by atoms with Crippen molar-refractivity contribution in [3.05, 3.63) is 84.1 Å². The highest BCUT2D eigenvalue weighted by molar-refractivity contribution is 8.22. The number of ether oxygens (including phenoxy) is 3. The molecule has 10 heteroatoms. The van der Waals surface area contributed by atoms with E-state index in [-0.39, 0.29) is 0 Å². The smallest absolute Gasteiger partial charge is 0.333 e. The van der Waals surface area contributed by atoms with Gasteiger partial charge in [0.2, 0.25) is 0 Å². The molecule has 2 N–H and O–H groups in total. The minimum absolute atomic E-state index is 0.336. The Kier molecular flexibility index (Phi) is 12.5. The quantitative estimate of drug-likeness (QED) is 0.0754. The van der Waals surface area contributed by atoms with Crippen LogP contribution in [-0.4, -0.2) is 51.9 Å². The van der Waals surface area contributed by atoms with E-state index >= 15 is 0 Å². The summed E-state index contributed by atoms with van der Waals surface area (Å²) >= 11 is 1.50. The highest BCUT2D eigenvalue weighted by Crippen LogP contribution is 2.64. The summed E-state index contributed by atoms with van der Waals surface area (Å²) in [5.74, 6) is 0.995. The maximum absolute atomic E-state index is 12.7. The van der Waals surface area contributed by atoms with Gasteiger partial charge in [0.25, 0.3) is 0 Å². The van der Waals surface area contributed by atoms with E-state index in [9.17, 15) is 13.9 Å². The number of benzene rings is 3. The minimum atomic E-state index is -3.59. The van der Waals surface area contributed by atoms with Crippen LogP contribution < -0.4 is 14.4 Å². The summed E-state index contributed by atoms with van der Waals surface area (Å²) < 4.78 is 43.8. The van der Waals surface area contributed by atoms with Gasteiger partial charge < -0.3 is 19.1 Å². The Labute approximate surface area is 280 Å². The number of nitrogens with zero attached hydrogens (tertiary/aromatic N) is 2. The first-order chi connectivity index (χ1) is 22.1. The predicted octanol–water partition coefficient (Wildman–Crippen LogP) is 9.67. The zero-order valence-electron chi connectivity index (χ0n) is 27.8. The second kappa shape index (κ2) is 16.1. The molecule has 1 aliphatic heterocycles. The average molecular weight is 669 g/mol. The Morgan fingerprint density at radius 1 is 1.00 bits per heavy atom. The molecule has 0 atom stereocenters. The topological polar surface area (TPSA) is 91.7 Å². The molecule has 0 spiro atoms. The van der Waals surface area contributed by atoms with Gasteiger partial charge in [0.15, 0.2) is 0 Å². The summed E-state index contributed by atoms with van der Waals surface area (Å²) in [5, 5.41) is 0. The first kappa shape index (κ1) is 35.7. The van der Waals surface area contributed by atoms with E-state index in [0.29, 0.717) is 29.5 Å². The monoisotopic (exact) mass is 668 g/mol. The highest BCUT2D eigenvalue weighted by Gasteiger charge is 2.49. The van der Waals surface area contributed by atoms with E-state index in [1.54, 1.807) is 20.1 Å². The number of carbonyl (C=O) groups is 1. The first-order valence-electron chi connectivity index (χ1n) is 15.8. The molecule has 1 aliphatic rings. The molecule has 0 unspecified atom stereocenters. The van der Waals surface area contributed by atoms with Crippen molar-refractivity contribution in [2.24, 2.45) is 0 Å². The Bertz CT molecular complexity index is 1470. The average Bonchev–Trinajstić information content (AvgIpc) is 3.14. The Hall–Kier alpha value is -3.15. The van der Waals surface area contributed by atoms with Gasteiger partial charge >= 0.3 is 5.97 Å². The van der Waals surface area contributed by atoms with Crippen molar-refractivity contribution >= 4 is 39.9 Å². The Morgan fingerprint density at radius 2 is 1.65 bits per heavy atom. The van der Waals surface area contributed by atoms with Crippen molar-refractivity contribution in [2.45, 2.75) is 81.2 Å². The molecule has 46 heavy (non-hydrogen) atoms. The van der Waals surface area contributed by atoms with E-state index < -0.39 is 22.3 Å². The lowest BCUT2D eigenvalue weighted by Crippen LogP contribution is -2.54. The number of rotatable bonds is 14. The lowest BCUT2D eigenvalue weighted by molar-refractivity contribution is -0.135. The summed E-state index contributed by atoms with van der Waals surface area (Å²) in [4.78, 5) is 15.4. The number of esters is 1. The van der Waals surface area contributed by atoms with Gasteiger partial charge in [0.1, 0.15) is 22.2 Å². The van der Waals surface area contributed by atoms with Gasteiger partial charge in [-0.3, -0.25) is 9.11 Å². The number of carbonyl (C=O) groups excluding carboxylic acids is 1. The van der Waals surface area contributed by atoms with Crippen LogP contribution in [0, 0.1) is 0 Å². The zero-order valence-corrected chi connectivity index (χ0v) is 29.5. The lowest BCUT2D eigenvalue weighted by atomic mass is 9.85. The Morgan fingerprint density at radius 3 is 2.22 bits per heavy atom. The van der Waals surface area contributed by atoms with Crippen LogP contribution >= 0.6 is 22.5 Å². The number of methoxy groups -OCH3 is 2. The molecule has 0 fully saturated rings. The first-order valence-corrected chi connectivity index (χ1v) is 18.5. The van der Waals surface area contributed by atoms with Crippen LogP contribution in [-0.2, 0) is 16.1 Å². The van der Waals surface area contributed by atoms with Crippen molar-refractivity contribution in [3.8, 4) is 11.5 Å². The predicted molar refractivity (Wildman–Crippen MR) is 190 cm³/mol. The zero-order chi connectivity index (χ0) is 33.3. The molecule has 0 aromatic heterocycles. The fourth-order valence-corrected chi connectivity index (χ4v) is 8.61. The number of thioether (sulfide) groups is 1. The SMILES string of the molecule is CCCCC1(CCCC)CN(c2ccccc2)c2cc(SC)c(O/C(C)=C/C(=O)OC)cc2S(O)(O)N1Cc1ccc(OC)cc1. The van der Waals surface area contributed by atoms with Gasteiger partial charge in [-0.05, 0) is 61.9 Å². The van der Waals surface area contributed by atoms with E-state index in [4.69, 9.17) is 14.2 Å². The molecule has 1 heterocycles. The molecule has 3 aromatic carbocycles. The van der Waals surface area contributed by atoms with Crippen LogP contribution in [0.5, 0.6) is 11.5 Å². The van der Waals surface area contributed by atoms with E-state index in [0.717, 1.165) is 66.1 Å². The van der Waals surface area contributed by atoms with Crippen LogP contribution in [0.1, 0.15) is 64.9 Å². The highest BCUT2D eigenvalue weighted by atomic mass is 32.3. The summed E-state index contributed by atoms with van der Waals surface area (Å²) in [5.41, 5.74) is 2.10. The van der Waals surface area contributed by atoms with Crippen LogP contribution in [0.3, 0.4) is 0 Å². The molecular formula is C36H48N2O6S2. The van der Waals surface area contributed by atoms with Gasteiger partial charge in [-0.2, -0.15) is 4.31 Å². The fourth-order valence-electron chi connectivity index (χ4n) is 6.01. The van der Waals surface area contributed by atoms with E-state index in [2.05, 4.69) is 30.9 Å². The normalized spacial score (nSPS) is 16.7. The maximum Gasteiger partial charge on any atom is 0.333 e. The van der Waals surface area contributed by atoms with Crippen LogP contribution in [0.2, 0.25) is 0 Å². The minimum Gasteiger partial charge on any atom is -0.497 e. The van der Waals surface area contributed by atoms with Crippen molar-refractivity contribution in [1.29, 1.82) is 0 Å². The number of hydrogen-bond acceptors (Lipinski definition) is 9. The molecule has 4 rings (SSSR count). The van der Waals surface area contributed by atoms with Crippen molar-refractivity contribution < 1.29 is 28.1 Å². The van der Waals surface area contributed by atoms with Gasteiger partial charge in [-0.25, -0.2) is 4.79 Å². The van der Waals surface area contributed by atoms with Crippen molar-refractivity contribution in [1.82, 2.24) is 4.31 Å². The second-order valence-electron chi connectivity index (χ2n) is 11.6. The van der Waals surface area contributed by atoms with Crippen LogP contribution in [0.4, 0.5) is 11.4 Å². The standard InChI is InChI=1S/C36H48N2O6S2/c1-7-9-20-36(21-10-8-2)26-37(29-14-12-11-13-15-29)31-23-33(45-6)32(44-27(3)22-35(39)43-5)24-34(31)46(40,41)38(36)25-28-16-18-30(42-4)19-17-28/h11-19,22-24,40-41H,7-10,20-21,25-26H2,1-6H3/b27-22+.